The van der Waals surface area contributed by atoms with Crippen LogP contribution >= 0.6 is 0 Å². The van der Waals surface area contributed by atoms with Gasteiger partial charge in [0.2, 0.25) is 11.8 Å². The number of carboxylic acids is 1. The van der Waals surface area contributed by atoms with Gasteiger partial charge in [-0.3, -0.25) is 14.4 Å². The number of alkyl carbamates (subject to hydrolysis) is 1. The van der Waals surface area contributed by atoms with Gasteiger partial charge in [0.1, 0.15) is 24.3 Å². The van der Waals surface area contributed by atoms with E-state index in [1.807, 2.05) is 0 Å². The van der Waals surface area contributed by atoms with Gasteiger partial charge in [0.15, 0.2) is 0 Å². The maximum Gasteiger partial charge on any atom is 0.408 e. The lowest BCUT2D eigenvalue weighted by molar-refractivity contribution is -0.156. The molecule has 11 heteroatoms. The topological polar surface area (TPSA) is 174 Å². The summed E-state index contributed by atoms with van der Waals surface area (Å²) in [4.78, 5) is 59.4. The predicted molar refractivity (Wildman–Crippen MR) is 112 cm³/mol. The van der Waals surface area contributed by atoms with Gasteiger partial charge in [-0.05, 0) is 32.8 Å². The molecule has 0 aliphatic rings. The van der Waals surface area contributed by atoms with Crippen molar-refractivity contribution >= 4 is 29.8 Å². The van der Waals surface area contributed by atoms with E-state index in [0.717, 1.165) is 0 Å². The average Bonchev–Trinajstić information content (AvgIpc) is 2.67. The highest BCUT2D eigenvalue weighted by molar-refractivity contribution is 5.92. The van der Waals surface area contributed by atoms with Crippen molar-refractivity contribution in [2.24, 2.45) is 5.73 Å². The summed E-state index contributed by atoms with van der Waals surface area (Å²) in [6.45, 7) is 4.81. The fraction of sp³-hybridized carbons (Fsp3) is 0.476. The second-order valence-electron chi connectivity index (χ2n) is 7.95. The molecule has 0 fully saturated rings. The molecule has 32 heavy (non-hydrogen) atoms. The molecule has 0 saturated carbocycles. The van der Waals surface area contributed by atoms with Crippen LogP contribution in [0.1, 0.15) is 45.6 Å². The number of primary amides is 1. The van der Waals surface area contributed by atoms with E-state index in [4.69, 9.17) is 15.2 Å². The number of esters is 1. The number of nitrogens with one attached hydrogen (secondary N) is 2. The SMILES string of the molecule is CC(C)(C)OC(=O)C[C@H](NC(=O)OCc1ccccc1)C(=O)N[C@H](CCC(N)=O)C(=O)O. The predicted octanol–water partition coefficient (Wildman–Crippen LogP) is 0.848. The van der Waals surface area contributed by atoms with Crippen LogP contribution in [0.5, 0.6) is 0 Å². The van der Waals surface area contributed by atoms with E-state index in [2.05, 4.69) is 10.6 Å². The Balaban J connectivity index is 2.86. The molecule has 0 unspecified atom stereocenters. The minimum absolute atomic E-state index is 0.0796. The molecule has 3 amide bonds. The van der Waals surface area contributed by atoms with Crippen LogP contribution < -0.4 is 16.4 Å². The molecule has 2 atom stereocenters. The molecule has 0 aliphatic heterocycles. The van der Waals surface area contributed by atoms with Gasteiger partial charge < -0.3 is 30.9 Å². The van der Waals surface area contributed by atoms with Crippen molar-refractivity contribution in [3.63, 3.8) is 0 Å². The van der Waals surface area contributed by atoms with Crippen molar-refractivity contribution in [3.05, 3.63) is 35.9 Å². The van der Waals surface area contributed by atoms with Gasteiger partial charge in [0.25, 0.3) is 0 Å². The van der Waals surface area contributed by atoms with Crippen LogP contribution in [-0.2, 0) is 35.3 Å². The Labute approximate surface area is 185 Å². The van der Waals surface area contributed by atoms with Crippen LogP contribution in [0.25, 0.3) is 0 Å². The number of rotatable bonds is 11. The molecule has 0 radical (unpaired) electrons. The third-order valence-corrected chi connectivity index (χ3v) is 3.91. The summed E-state index contributed by atoms with van der Waals surface area (Å²) in [5, 5.41) is 13.7. The molecule has 0 saturated heterocycles. The van der Waals surface area contributed by atoms with Gasteiger partial charge in [0.05, 0.1) is 6.42 Å². The molecular formula is C21H29N3O8. The highest BCUT2D eigenvalue weighted by atomic mass is 16.6. The van der Waals surface area contributed by atoms with Gasteiger partial charge in [-0.15, -0.1) is 0 Å². The van der Waals surface area contributed by atoms with Crippen LogP contribution in [0.4, 0.5) is 4.79 Å². The first kappa shape index (κ1) is 26.4. The molecule has 176 valence electrons. The lowest BCUT2D eigenvalue weighted by atomic mass is 10.1. The molecule has 1 aromatic rings. The fourth-order valence-electron chi connectivity index (χ4n) is 2.48. The summed E-state index contributed by atoms with van der Waals surface area (Å²) in [5.41, 5.74) is 4.89. The first-order valence-corrected chi connectivity index (χ1v) is 9.88. The normalized spacial score (nSPS) is 12.7. The summed E-state index contributed by atoms with van der Waals surface area (Å²) in [7, 11) is 0. The Bertz CT molecular complexity index is 820. The van der Waals surface area contributed by atoms with Crippen molar-refractivity contribution < 1.29 is 38.6 Å². The summed E-state index contributed by atoms with van der Waals surface area (Å²) < 4.78 is 10.2. The maximum atomic E-state index is 12.6. The van der Waals surface area contributed by atoms with Crippen molar-refractivity contribution in [1.82, 2.24) is 10.6 Å². The summed E-state index contributed by atoms with van der Waals surface area (Å²) in [6.07, 6.45) is -2.08. The Morgan fingerprint density at radius 3 is 2.19 bits per heavy atom. The fourth-order valence-corrected chi connectivity index (χ4v) is 2.48. The Morgan fingerprint density at radius 1 is 1.03 bits per heavy atom. The molecule has 0 spiro atoms. The lowest BCUT2D eigenvalue weighted by Crippen LogP contribution is -2.52. The van der Waals surface area contributed by atoms with Gasteiger partial charge in [-0.2, -0.15) is 0 Å². The highest BCUT2D eigenvalue weighted by Gasteiger charge is 2.30. The van der Waals surface area contributed by atoms with Gasteiger partial charge >= 0.3 is 18.0 Å². The third kappa shape index (κ3) is 11.0. The second-order valence-corrected chi connectivity index (χ2v) is 7.95. The monoisotopic (exact) mass is 451 g/mol. The third-order valence-electron chi connectivity index (χ3n) is 3.91. The molecule has 11 nitrogen and oxygen atoms in total. The zero-order chi connectivity index (χ0) is 24.3. The molecule has 5 N–H and O–H groups in total. The minimum Gasteiger partial charge on any atom is -0.480 e. The number of benzene rings is 1. The van der Waals surface area contributed by atoms with E-state index < -0.39 is 54.0 Å². The average molecular weight is 451 g/mol. The number of carboxylic acid groups (broad SMARTS) is 1. The van der Waals surface area contributed by atoms with Gasteiger partial charge in [-0.25, -0.2) is 9.59 Å². The Morgan fingerprint density at radius 2 is 1.66 bits per heavy atom. The quantitative estimate of drug-likeness (QED) is 0.358. The molecule has 0 bridgehead atoms. The van der Waals surface area contributed by atoms with Crippen LogP contribution in [-0.4, -0.2) is 52.6 Å². The van der Waals surface area contributed by atoms with Crippen LogP contribution in [0, 0.1) is 0 Å². The van der Waals surface area contributed by atoms with Crippen molar-refractivity contribution in [1.29, 1.82) is 0 Å². The second kappa shape index (κ2) is 12.3. The zero-order valence-electron chi connectivity index (χ0n) is 18.3. The number of carbonyl (C=O) groups excluding carboxylic acids is 4. The minimum atomic E-state index is -1.47. The number of carbonyl (C=O) groups is 5. The first-order chi connectivity index (χ1) is 14.9. The van der Waals surface area contributed by atoms with E-state index in [0.29, 0.717) is 5.56 Å². The summed E-state index contributed by atoms with van der Waals surface area (Å²) >= 11 is 0. The number of ether oxygens (including phenoxy) is 2. The summed E-state index contributed by atoms with van der Waals surface area (Å²) in [5.74, 6) is -3.88. The molecular weight excluding hydrogens is 422 g/mol. The first-order valence-electron chi connectivity index (χ1n) is 9.88. The largest absolute Gasteiger partial charge is 0.480 e. The van der Waals surface area contributed by atoms with E-state index in [9.17, 15) is 29.1 Å². The molecule has 0 aromatic heterocycles. The van der Waals surface area contributed by atoms with Crippen LogP contribution in [0.3, 0.4) is 0 Å². The molecule has 0 aliphatic carbocycles. The van der Waals surface area contributed by atoms with Gasteiger partial charge in [0, 0.05) is 6.42 Å². The number of hydrogen-bond donors (Lipinski definition) is 4. The van der Waals surface area contributed by atoms with Crippen molar-refractivity contribution in [2.45, 2.75) is 64.3 Å². The summed E-state index contributed by atoms with van der Waals surface area (Å²) in [6, 6.07) is 5.85. The Kier molecular flexibility index (Phi) is 10.1. The van der Waals surface area contributed by atoms with E-state index in [1.54, 1.807) is 51.1 Å². The molecule has 0 heterocycles. The molecule has 1 aromatic carbocycles. The lowest BCUT2D eigenvalue weighted by Gasteiger charge is -2.23. The standard InChI is InChI=1S/C21H29N3O8/c1-21(2,3)32-17(26)11-15(18(27)23-14(19(28)29)9-10-16(22)25)24-20(30)31-12-13-7-5-4-6-8-13/h4-8,14-15H,9-12H2,1-3H3,(H2,22,25)(H,23,27)(H,24,30)(H,28,29)/t14-,15+/m1/s1. The number of aliphatic carboxylic acids is 1. The Hall–Kier alpha value is -3.63. The van der Waals surface area contributed by atoms with E-state index >= 15 is 0 Å². The number of amides is 3. The van der Waals surface area contributed by atoms with Crippen molar-refractivity contribution in [3.8, 4) is 0 Å². The van der Waals surface area contributed by atoms with Gasteiger partial charge in [-0.1, -0.05) is 30.3 Å². The van der Waals surface area contributed by atoms with Crippen LogP contribution in [0.2, 0.25) is 0 Å². The maximum absolute atomic E-state index is 12.6. The van der Waals surface area contributed by atoms with Crippen LogP contribution in [0.15, 0.2) is 30.3 Å². The highest BCUT2D eigenvalue weighted by Crippen LogP contribution is 2.10. The molecule has 1 rings (SSSR count). The smallest absolute Gasteiger partial charge is 0.408 e. The van der Waals surface area contributed by atoms with Crippen molar-refractivity contribution in [2.75, 3.05) is 0 Å². The number of hydrogen-bond acceptors (Lipinski definition) is 7. The van der Waals surface area contributed by atoms with E-state index in [1.165, 1.54) is 0 Å². The number of nitrogens with two attached hydrogens (primary N) is 1. The van der Waals surface area contributed by atoms with E-state index in [-0.39, 0.29) is 19.4 Å². The zero-order valence-corrected chi connectivity index (χ0v) is 18.3.